The minimum absolute atomic E-state index is 0.0970. The predicted molar refractivity (Wildman–Crippen MR) is 82.7 cm³/mol. The summed E-state index contributed by atoms with van der Waals surface area (Å²) in [5.74, 6) is 0.789. The van der Waals surface area contributed by atoms with Crippen LogP contribution in [0.3, 0.4) is 0 Å². The van der Waals surface area contributed by atoms with Gasteiger partial charge >= 0.3 is 5.97 Å². The van der Waals surface area contributed by atoms with Gasteiger partial charge in [0.15, 0.2) is 11.5 Å². The predicted octanol–water partition coefficient (Wildman–Crippen LogP) is 2.39. The van der Waals surface area contributed by atoms with Crippen molar-refractivity contribution in [1.82, 2.24) is 0 Å². The van der Waals surface area contributed by atoms with E-state index in [9.17, 15) is 9.59 Å². The van der Waals surface area contributed by atoms with Crippen LogP contribution in [0.15, 0.2) is 48.5 Å². The third-order valence-electron chi connectivity index (χ3n) is 3.16. The Bertz CT molecular complexity index is 726. The van der Waals surface area contributed by atoms with Gasteiger partial charge in [0.1, 0.15) is 12.4 Å². The van der Waals surface area contributed by atoms with Gasteiger partial charge < -0.3 is 19.5 Å². The molecule has 0 aromatic heterocycles. The number of benzene rings is 2. The van der Waals surface area contributed by atoms with Gasteiger partial charge in [0.2, 0.25) is 12.0 Å². The van der Waals surface area contributed by atoms with Gasteiger partial charge in [-0.3, -0.25) is 4.79 Å². The Labute approximate surface area is 133 Å². The third kappa shape index (κ3) is 3.60. The maximum absolute atomic E-state index is 12.1. The molecule has 0 saturated heterocycles. The van der Waals surface area contributed by atoms with Crippen LogP contribution in [0, 0.1) is 0 Å². The number of hydrogen-bond acceptors (Lipinski definition) is 5. The molecule has 6 nitrogen and oxygen atoms in total. The van der Waals surface area contributed by atoms with E-state index in [1.54, 1.807) is 42.5 Å². The van der Waals surface area contributed by atoms with Gasteiger partial charge in [-0.05, 0) is 36.4 Å². The molecule has 1 amide bonds. The third-order valence-corrected chi connectivity index (χ3v) is 3.16. The number of hydrogen-bond donors (Lipinski definition) is 1. The molecule has 23 heavy (non-hydrogen) atoms. The summed E-state index contributed by atoms with van der Waals surface area (Å²) in [6.07, 6.45) is -0.820. The second-order valence-corrected chi connectivity index (χ2v) is 4.99. The SMILES string of the molecule is CC(=O)Nc1ccc(OC(=O)C2COc3ccccc3O2)cc1. The smallest absolute Gasteiger partial charge is 0.356 e. The second-order valence-electron chi connectivity index (χ2n) is 4.99. The van der Waals surface area contributed by atoms with Gasteiger partial charge in [0.25, 0.3) is 0 Å². The average molecular weight is 313 g/mol. The van der Waals surface area contributed by atoms with Crippen LogP contribution < -0.4 is 19.5 Å². The number of esters is 1. The molecule has 3 rings (SSSR count). The molecule has 0 saturated carbocycles. The summed E-state index contributed by atoms with van der Waals surface area (Å²) >= 11 is 0. The van der Waals surface area contributed by atoms with Crippen LogP contribution in [0.2, 0.25) is 0 Å². The lowest BCUT2D eigenvalue weighted by Gasteiger charge is -2.24. The molecule has 1 heterocycles. The molecule has 0 spiro atoms. The lowest BCUT2D eigenvalue weighted by Crippen LogP contribution is -2.39. The summed E-state index contributed by atoms with van der Waals surface area (Å²) < 4.78 is 16.3. The number of rotatable bonds is 3. The number of amides is 1. The Morgan fingerprint density at radius 3 is 2.48 bits per heavy atom. The summed E-state index contributed by atoms with van der Waals surface area (Å²) in [6.45, 7) is 1.52. The second kappa shape index (κ2) is 6.39. The standard InChI is InChI=1S/C17H15NO5/c1-11(19)18-12-6-8-13(9-7-12)22-17(20)16-10-21-14-4-2-3-5-15(14)23-16/h2-9,16H,10H2,1H3,(H,18,19). The minimum atomic E-state index is -0.820. The van der Waals surface area contributed by atoms with Gasteiger partial charge in [-0.25, -0.2) is 4.79 Å². The average Bonchev–Trinajstić information content (AvgIpc) is 2.55. The van der Waals surface area contributed by atoms with Crippen LogP contribution in [-0.4, -0.2) is 24.6 Å². The first-order valence-corrected chi connectivity index (χ1v) is 7.09. The first-order valence-electron chi connectivity index (χ1n) is 7.09. The van der Waals surface area contributed by atoms with Crippen molar-refractivity contribution in [2.75, 3.05) is 11.9 Å². The largest absolute Gasteiger partial charge is 0.485 e. The van der Waals surface area contributed by atoms with Crippen molar-refractivity contribution in [1.29, 1.82) is 0 Å². The van der Waals surface area contributed by atoms with E-state index in [-0.39, 0.29) is 12.5 Å². The molecular weight excluding hydrogens is 298 g/mol. The van der Waals surface area contributed by atoms with Crippen molar-refractivity contribution in [3.63, 3.8) is 0 Å². The fourth-order valence-corrected chi connectivity index (χ4v) is 2.13. The molecule has 1 unspecified atom stereocenters. The maximum Gasteiger partial charge on any atom is 0.356 e. The zero-order valence-corrected chi connectivity index (χ0v) is 12.4. The summed E-state index contributed by atoms with van der Waals surface area (Å²) in [5.41, 5.74) is 0.628. The molecule has 2 aromatic rings. The van der Waals surface area contributed by atoms with Crippen LogP contribution in [0.4, 0.5) is 5.69 Å². The molecule has 1 aliphatic heterocycles. The molecule has 0 aliphatic carbocycles. The van der Waals surface area contributed by atoms with E-state index in [1.165, 1.54) is 6.92 Å². The highest BCUT2D eigenvalue weighted by Gasteiger charge is 2.29. The molecule has 1 atom stereocenters. The molecule has 1 aliphatic rings. The number of carbonyl (C=O) groups excluding carboxylic acids is 2. The van der Waals surface area contributed by atoms with E-state index in [1.807, 2.05) is 6.07 Å². The van der Waals surface area contributed by atoms with Crippen molar-refractivity contribution in [3.05, 3.63) is 48.5 Å². The zero-order chi connectivity index (χ0) is 16.2. The quantitative estimate of drug-likeness (QED) is 0.696. The monoisotopic (exact) mass is 313 g/mol. The number of para-hydroxylation sites is 2. The van der Waals surface area contributed by atoms with Crippen molar-refractivity contribution in [2.45, 2.75) is 13.0 Å². The molecular formula is C17H15NO5. The van der Waals surface area contributed by atoms with Crippen molar-refractivity contribution >= 4 is 17.6 Å². The normalized spacial score (nSPS) is 15.6. The fraction of sp³-hybridized carbons (Fsp3) is 0.176. The highest BCUT2D eigenvalue weighted by atomic mass is 16.6. The molecule has 0 radical (unpaired) electrons. The van der Waals surface area contributed by atoms with Gasteiger partial charge in [-0.2, -0.15) is 0 Å². The molecule has 6 heteroatoms. The van der Waals surface area contributed by atoms with Crippen LogP contribution in [0.25, 0.3) is 0 Å². The van der Waals surface area contributed by atoms with Crippen LogP contribution in [0.5, 0.6) is 17.2 Å². The Morgan fingerprint density at radius 2 is 1.78 bits per heavy atom. The zero-order valence-electron chi connectivity index (χ0n) is 12.4. The topological polar surface area (TPSA) is 73.9 Å². The summed E-state index contributed by atoms with van der Waals surface area (Å²) in [4.78, 5) is 23.1. The summed E-state index contributed by atoms with van der Waals surface area (Å²) in [7, 11) is 0. The van der Waals surface area contributed by atoms with Crippen LogP contribution in [0.1, 0.15) is 6.92 Å². The lowest BCUT2D eigenvalue weighted by molar-refractivity contribution is -0.144. The van der Waals surface area contributed by atoms with Gasteiger partial charge in [0.05, 0.1) is 0 Å². The first-order chi connectivity index (χ1) is 11.1. The van der Waals surface area contributed by atoms with E-state index in [0.29, 0.717) is 22.9 Å². The van der Waals surface area contributed by atoms with Crippen LogP contribution in [-0.2, 0) is 9.59 Å². The maximum atomic E-state index is 12.1. The van der Waals surface area contributed by atoms with Crippen molar-refractivity contribution < 1.29 is 23.8 Å². The summed E-state index contributed by atoms with van der Waals surface area (Å²) in [6, 6.07) is 13.6. The van der Waals surface area contributed by atoms with E-state index in [2.05, 4.69) is 5.32 Å². The van der Waals surface area contributed by atoms with Gasteiger partial charge in [-0.1, -0.05) is 12.1 Å². The molecule has 1 N–H and O–H groups in total. The Morgan fingerprint density at radius 1 is 1.09 bits per heavy atom. The van der Waals surface area contributed by atoms with Crippen LogP contribution >= 0.6 is 0 Å². The Hall–Kier alpha value is -3.02. The number of anilines is 1. The molecule has 2 aromatic carbocycles. The van der Waals surface area contributed by atoms with E-state index < -0.39 is 12.1 Å². The molecule has 0 fully saturated rings. The molecule has 0 bridgehead atoms. The molecule has 118 valence electrons. The highest BCUT2D eigenvalue weighted by molar-refractivity contribution is 5.88. The van der Waals surface area contributed by atoms with Gasteiger partial charge in [0, 0.05) is 12.6 Å². The van der Waals surface area contributed by atoms with E-state index >= 15 is 0 Å². The van der Waals surface area contributed by atoms with Crippen molar-refractivity contribution in [2.24, 2.45) is 0 Å². The Balaban J connectivity index is 1.62. The van der Waals surface area contributed by atoms with Crippen molar-refractivity contribution in [3.8, 4) is 17.2 Å². The highest BCUT2D eigenvalue weighted by Crippen LogP contribution is 2.31. The van der Waals surface area contributed by atoms with E-state index in [4.69, 9.17) is 14.2 Å². The number of nitrogens with one attached hydrogen (secondary N) is 1. The number of fused-ring (bicyclic) bond motifs is 1. The van der Waals surface area contributed by atoms with E-state index in [0.717, 1.165) is 0 Å². The Kier molecular flexibility index (Phi) is 4.14. The van der Waals surface area contributed by atoms with Gasteiger partial charge in [-0.15, -0.1) is 0 Å². The lowest BCUT2D eigenvalue weighted by atomic mass is 10.2. The number of carbonyl (C=O) groups is 2. The fourth-order valence-electron chi connectivity index (χ4n) is 2.13. The summed E-state index contributed by atoms with van der Waals surface area (Å²) in [5, 5.41) is 2.64. The first kappa shape index (κ1) is 14.9. The number of ether oxygens (including phenoxy) is 3. The minimum Gasteiger partial charge on any atom is -0.485 e.